The summed E-state index contributed by atoms with van der Waals surface area (Å²) in [5.74, 6) is 0.107. The number of methoxy groups -OCH3 is 1. The number of imide groups is 1. The monoisotopic (exact) mass is 446 g/mol. The summed E-state index contributed by atoms with van der Waals surface area (Å²) in [6.45, 7) is 0.438. The molecule has 5 rings (SSSR count). The molecule has 7 heteroatoms. The zero-order chi connectivity index (χ0) is 22.9. The number of rotatable bonds is 8. The number of hydrogen-bond donors (Lipinski definition) is 1. The number of likely N-dealkylation sites (tertiary alicyclic amines) is 1. The minimum Gasteiger partial charge on any atom is -0.493 e. The molecule has 1 saturated carbocycles. The van der Waals surface area contributed by atoms with Crippen LogP contribution < -0.4 is 14.8 Å². The fraction of sp³-hybridized carbons (Fsp3) is 0.346. The molecule has 7 nitrogen and oxygen atoms in total. The van der Waals surface area contributed by atoms with E-state index in [9.17, 15) is 14.4 Å². The maximum atomic E-state index is 12.7. The number of amides is 3. The third-order valence-corrected chi connectivity index (χ3v) is 6.82. The molecular weight excluding hydrogens is 420 g/mol. The second kappa shape index (κ2) is 8.73. The predicted molar refractivity (Wildman–Crippen MR) is 120 cm³/mol. The van der Waals surface area contributed by atoms with E-state index in [0.29, 0.717) is 18.1 Å². The number of nitrogens with zero attached hydrogens (tertiary/aromatic N) is 1. The van der Waals surface area contributed by atoms with Crippen LogP contribution in [0, 0.1) is 23.7 Å². The lowest BCUT2D eigenvalue weighted by Crippen LogP contribution is -2.41. The van der Waals surface area contributed by atoms with Crippen molar-refractivity contribution in [3.63, 3.8) is 0 Å². The third kappa shape index (κ3) is 3.99. The quantitative estimate of drug-likeness (QED) is 0.498. The molecule has 33 heavy (non-hydrogen) atoms. The number of nitrogens with one attached hydrogen (secondary N) is 1. The minimum absolute atomic E-state index is 0.139. The van der Waals surface area contributed by atoms with Gasteiger partial charge in [0.05, 0.1) is 18.9 Å². The van der Waals surface area contributed by atoms with Crippen molar-refractivity contribution in [1.82, 2.24) is 10.2 Å². The Balaban J connectivity index is 1.16. The Morgan fingerprint density at radius 1 is 0.970 bits per heavy atom. The van der Waals surface area contributed by atoms with Crippen molar-refractivity contribution < 1.29 is 23.9 Å². The normalized spacial score (nSPS) is 24.8. The molecule has 4 atom stereocenters. The van der Waals surface area contributed by atoms with Crippen molar-refractivity contribution in [2.75, 3.05) is 13.7 Å². The average molecular weight is 447 g/mol. The highest BCUT2D eigenvalue weighted by molar-refractivity contribution is 6.08. The Bertz CT molecular complexity index is 1080. The summed E-state index contributed by atoms with van der Waals surface area (Å²) in [4.78, 5) is 39.1. The third-order valence-electron chi connectivity index (χ3n) is 6.82. The smallest absolute Gasteiger partial charge is 0.240 e. The van der Waals surface area contributed by atoms with Gasteiger partial charge in [-0.25, -0.2) is 0 Å². The van der Waals surface area contributed by atoms with Gasteiger partial charge in [0.15, 0.2) is 11.5 Å². The molecule has 170 valence electrons. The number of ether oxygens (including phenoxy) is 2. The molecule has 1 aliphatic heterocycles. The number of allylic oxidation sites excluding steroid dienone is 2. The highest BCUT2D eigenvalue weighted by Gasteiger charge is 2.59. The Morgan fingerprint density at radius 2 is 1.67 bits per heavy atom. The first kappa shape index (κ1) is 21.2. The van der Waals surface area contributed by atoms with E-state index in [2.05, 4.69) is 5.32 Å². The molecule has 0 radical (unpaired) electrons. The van der Waals surface area contributed by atoms with E-state index in [0.717, 1.165) is 22.4 Å². The van der Waals surface area contributed by atoms with Gasteiger partial charge in [-0.15, -0.1) is 0 Å². The maximum Gasteiger partial charge on any atom is 0.240 e. The van der Waals surface area contributed by atoms with Crippen LogP contribution in [0.15, 0.2) is 60.7 Å². The molecule has 0 aromatic heterocycles. The van der Waals surface area contributed by atoms with Gasteiger partial charge < -0.3 is 14.8 Å². The van der Waals surface area contributed by atoms with Crippen LogP contribution in [0.25, 0.3) is 0 Å². The molecule has 1 heterocycles. The van der Waals surface area contributed by atoms with E-state index in [1.807, 2.05) is 48.6 Å². The number of carbonyl (C=O) groups excluding carboxylic acids is 3. The molecule has 4 unspecified atom stereocenters. The number of fused-ring (bicyclic) bond motifs is 5. The van der Waals surface area contributed by atoms with Gasteiger partial charge in [-0.05, 0) is 41.5 Å². The standard InChI is InChI=1S/C26H26N2O5/c1-32-21-11-17(7-10-20(21)33-15-16-5-3-2-4-6-16)13-27-22(29)14-28-25(30)23-18-8-9-19(12-18)24(23)26(28)31/h2-11,18-19,23-24H,12-15H2,1H3,(H,27,29). The van der Waals surface area contributed by atoms with Gasteiger partial charge in [-0.2, -0.15) is 0 Å². The molecule has 0 spiro atoms. The van der Waals surface area contributed by atoms with Gasteiger partial charge in [0.1, 0.15) is 13.2 Å². The number of carbonyl (C=O) groups is 3. The lowest BCUT2D eigenvalue weighted by molar-refractivity contribution is -0.144. The van der Waals surface area contributed by atoms with Crippen molar-refractivity contribution in [2.24, 2.45) is 23.7 Å². The van der Waals surface area contributed by atoms with Crippen LogP contribution in [0.5, 0.6) is 11.5 Å². The zero-order valence-electron chi connectivity index (χ0n) is 18.4. The van der Waals surface area contributed by atoms with E-state index in [1.54, 1.807) is 19.2 Å². The van der Waals surface area contributed by atoms with Gasteiger partial charge in [0, 0.05) is 6.54 Å². The first-order valence-corrected chi connectivity index (χ1v) is 11.2. The largest absolute Gasteiger partial charge is 0.493 e. The highest BCUT2D eigenvalue weighted by Crippen LogP contribution is 2.52. The average Bonchev–Trinajstić information content (AvgIpc) is 3.52. The Labute approximate surface area is 192 Å². The van der Waals surface area contributed by atoms with Gasteiger partial charge in [0.25, 0.3) is 0 Å². The molecule has 2 fully saturated rings. The number of benzene rings is 2. The Hall–Kier alpha value is -3.61. The molecule has 2 aliphatic carbocycles. The van der Waals surface area contributed by atoms with Crippen molar-refractivity contribution in [2.45, 2.75) is 19.6 Å². The lowest BCUT2D eigenvalue weighted by atomic mass is 9.85. The van der Waals surface area contributed by atoms with E-state index < -0.39 is 0 Å². The van der Waals surface area contributed by atoms with Crippen molar-refractivity contribution in [3.05, 3.63) is 71.8 Å². The lowest BCUT2D eigenvalue weighted by Gasteiger charge is -2.17. The molecule has 2 aromatic carbocycles. The fourth-order valence-corrected chi connectivity index (χ4v) is 5.20. The summed E-state index contributed by atoms with van der Waals surface area (Å²) in [6, 6.07) is 15.3. The summed E-state index contributed by atoms with van der Waals surface area (Å²) in [6.07, 6.45) is 4.96. The first-order valence-electron chi connectivity index (χ1n) is 11.2. The van der Waals surface area contributed by atoms with E-state index >= 15 is 0 Å². The van der Waals surface area contributed by atoms with Crippen LogP contribution in [-0.2, 0) is 27.5 Å². The second-order valence-electron chi connectivity index (χ2n) is 8.80. The number of hydrogen-bond acceptors (Lipinski definition) is 5. The molecule has 2 bridgehead atoms. The molecule has 2 aromatic rings. The van der Waals surface area contributed by atoms with Crippen molar-refractivity contribution in [3.8, 4) is 11.5 Å². The highest BCUT2D eigenvalue weighted by atomic mass is 16.5. The van der Waals surface area contributed by atoms with Gasteiger partial charge in [-0.3, -0.25) is 19.3 Å². The van der Waals surface area contributed by atoms with Crippen LogP contribution in [0.1, 0.15) is 17.5 Å². The minimum atomic E-state index is -0.361. The second-order valence-corrected chi connectivity index (χ2v) is 8.80. The zero-order valence-corrected chi connectivity index (χ0v) is 18.4. The summed E-state index contributed by atoms with van der Waals surface area (Å²) < 4.78 is 11.3. The van der Waals surface area contributed by atoms with Crippen LogP contribution >= 0.6 is 0 Å². The van der Waals surface area contributed by atoms with Gasteiger partial charge in [0.2, 0.25) is 17.7 Å². The Morgan fingerprint density at radius 3 is 2.33 bits per heavy atom. The van der Waals surface area contributed by atoms with Crippen molar-refractivity contribution in [1.29, 1.82) is 0 Å². The molecule has 3 aliphatic rings. The Kier molecular flexibility index (Phi) is 5.62. The maximum absolute atomic E-state index is 12.7. The summed E-state index contributed by atoms with van der Waals surface area (Å²) in [5.41, 5.74) is 1.88. The van der Waals surface area contributed by atoms with E-state index in [4.69, 9.17) is 9.47 Å². The predicted octanol–water partition coefficient (Wildman–Crippen LogP) is 2.70. The van der Waals surface area contributed by atoms with Crippen LogP contribution in [0.3, 0.4) is 0 Å². The van der Waals surface area contributed by atoms with E-state index in [-0.39, 0.29) is 54.5 Å². The van der Waals surface area contributed by atoms with Crippen LogP contribution in [-0.4, -0.2) is 36.3 Å². The van der Waals surface area contributed by atoms with Crippen molar-refractivity contribution >= 4 is 17.7 Å². The fourth-order valence-electron chi connectivity index (χ4n) is 5.20. The van der Waals surface area contributed by atoms with Gasteiger partial charge >= 0.3 is 0 Å². The summed E-state index contributed by atoms with van der Waals surface area (Å²) in [7, 11) is 1.57. The first-order chi connectivity index (χ1) is 16.0. The van der Waals surface area contributed by atoms with Gasteiger partial charge in [-0.1, -0.05) is 48.6 Å². The van der Waals surface area contributed by atoms with Crippen LogP contribution in [0.4, 0.5) is 0 Å². The molecular formula is C26H26N2O5. The molecule has 1 saturated heterocycles. The summed E-state index contributed by atoms with van der Waals surface area (Å²) >= 11 is 0. The topological polar surface area (TPSA) is 84.9 Å². The summed E-state index contributed by atoms with van der Waals surface area (Å²) in [5, 5.41) is 2.80. The molecule has 1 N–H and O–H groups in total. The molecule has 3 amide bonds. The van der Waals surface area contributed by atoms with Crippen LogP contribution in [0.2, 0.25) is 0 Å². The van der Waals surface area contributed by atoms with E-state index in [1.165, 1.54) is 0 Å². The SMILES string of the molecule is COc1cc(CNC(=O)CN2C(=O)C3C4C=CC(C4)C3C2=O)ccc1OCc1ccccc1.